The van der Waals surface area contributed by atoms with E-state index in [1.807, 2.05) is 0 Å². The van der Waals surface area contributed by atoms with E-state index in [1.54, 1.807) is 43.3 Å². The molecule has 0 bridgehead atoms. The number of sulfone groups is 1. The van der Waals surface area contributed by atoms with Crippen molar-refractivity contribution in [3.63, 3.8) is 0 Å². The van der Waals surface area contributed by atoms with Gasteiger partial charge in [-0.05, 0) is 41.8 Å². The fourth-order valence-corrected chi connectivity index (χ4v) is 3.64. The SMILES string of the molecule is CCOC(=O)Cn1nc(C(F)(F)F)cc1-c1ccc(-c2cccc(S(C)(=O)=O)c2)cc1. The second kappa shape index (κ2) is 8.54. The molecule has 31 heavy (non-hydrogen) atoms. The fraction of sp³-hybridized carbons (Fsp3) is 0.238. The summed E-state index contributed by atoms with van der Waals surface area (Å²) in [5, 5.41) is 3.52. The Morgan fingerprint density at radius 1 is 1.03 bits per heavy atom. The Hall–Kier alpha value is -3.14. The largest absolute Gasteiger partial charge is 0.465 e. The molecule has 0 N–H and O–H groups in total. The Balaban J connectivity index is 1.98. The Morgan fingerprint density at radius 3 is 2.26 bits per heavy atom. The van der Waals surface area contributed by atoms with E-state index in [1.165, 1.54) is 12.1 Å². The number of ether oxygens (including phenoxy) is 1. The van der Waals surface area contributed by atoms with Crippen molar-refractivity contribution >= 4 is 15.8 Å². The van der Waals surface area contributed by atoms with Crippen molar-refractivity contribution < 1.29 is 31.1 Å². The van der Waals surface area contributed by atoms with Crippen molar-refractivity contribution in [2.75, 3.05) is 12.9 Å². The average molecular weight is 452 g/mol. The number of alkyl halides is 3. The van der Waals surface area contributed by atoms with Crippen LogP contribution in [0.4, 0.5) is 13.2 Å². The van der Waals surface area contributed by atoms with E-state index in [4.69, 9.17) is 4.74 Å². The zero-order chi connectivity index (χ0) is 22.8. The van der Waals surface area contributed by atoms with Gasteiger partial charge in [-0.25, -0.2) is 8.42 Å². The molecule has 3 aromatic rings. The summed E-state index contributed by atoms with van der Waals surface area (Å²) in [7, 11) is -3.38. The van der Waals surface area contributed by atoms with Crippen LogP contribution in [0, 0.1) is 0 Å². The zero-order valence-corrected chi connectivity index (χ0v) is 17.5. The minimum Gasteiger partial charge on any atom is -0.465 e. The number of rotatable bonds is 6. The van der Waals surface area contributed by atoms with Crippen LogP contribution in [-0.4, -0.2) is 37.0 Å². The van der Waals surface area contributed by atoms with Gasteiger partial charge in [-0.2, -0.15) is 18.3 Å². The van der Waals surface area contributed by atoms with Crippen LogP contribution in [0.3, 0.4) is 0 Å². The first-order valence-corrected chi connectivity index (χ1v) is 11.1. The van der Waals surface area contributed by atoms with Gasteiger partial charge in [-0.15, -0.1) is 0 Å². The lowest BCUT2D eigenvalue weighted by Gasteiger charge is -2.09. The minimum atomic E-state index is -4.67. The predicted molar refractivity (Wildman–Crippen MR) is 108 cm³/mol. The number of nitrogens with zero attached hydrogens (tertiary/aromatic N) is 2. The molecular weight excluding hydrogens is 433 g/mol. The van der Waals surface area contributed by atoms with Gasteiger partial charge in [0.25, 0.3) is 0 Å². The smallest absolute Gasteiger partial charge is 0.435 e. The van der Waals surface area contributed by atoms with Crippen LogP contribution in [0.25, 0.3) is 22.4 Å². The summed E-state index contributed by atoms with van der Waals surface area (Å²) in [5.74, 6) is -0.699. The highest BCUT2D eigenvalue weighted by Gasteiger charge is 2.35. The highest BCUT2D eigenvalue weighted by Crippen LogP contribution is 2.33. The van der Waals surface area contributed by atoms with Crippen LogP contribution in [-0.2, 0) is 32.1 Å². The van der Waals surface area contributed by atoms with Crippen molar-refractivity contribution in [2.24, 2.45) is 0 Å². The maximum atomic E-state index is 13.2. The summed E-state index contributed by atoms with van der Waals surface area (Å²) < 4.78 is 68.8. The van der Waals surface area contributed by atoms with Crippen LogP contribution in [0.1, 0.15) is 12.6 Å². The number of esters is 1. The summed E-state index contributed by atoms with van der Waals surface area (Å²) in [6, 6.07) is 13.7. The summed E-state index contributed by atoms with van der Waals surface area (Å²) in [6.07, 6.45) is -3.56. The van der Waals surface area contributed by atoms with Gasteiger partial charge in [0.15, 0.2) is 15.5 Å². The summed E-state index contributed by atoms with van der Waals surface area (Å²) in [5.41, 5.74) is 0.732. The summed E-state index contributed by atoms with van der Waals surface area (Å²) in [6.45, 7) is 1.24. The van der Waals surface area contributed by atoms with Crippen molar-refractivity contribution in [2.45, 2.75) is 24.5 Å². The lowest BCUT2D eigenvalue weighted by molar-refractivity contribution is -0.146. The lowest BCUT2D eigenvalue weighted by Crippen LogP contribution is -2.16. The number of benzene rings is 2. The molecule has 1 heterocycles. The second-order valence-electron chi connectivity index (χ2n) is 6.75. The minimum absolute atomic E-state index is 0.100. The highest BCUT2D eigenvalue weighted by atomic mass is 32.2. The van der Waals surface area contributed by atoms with Gasteiger partial charge in [0.05, 0.1) is 17.2 Å². The summed E-state index contributed by atoms with van der Waals surface area (Å²) in [4.78, 5) is 12.0. The molecule has 3 rings (SSSR count). The maximum absolute atomic E-state index is 13.2. The van der Waals surface area contributed by atoms with Crippen molar-refractivity contribution in [1.82, 2.24) is 9.78 Å². The van der Waals surface area contributed by atoms with Crippen molar-refractivity contribution in [3.05, 3.63) is 60.3 Å². The van der Waals surface area contributed by atoms with E-state index >= 15 is 0 Å². The third kappa shape index (κ3) is 5.32. The Labute approximate surface area is 177 Å². The highest BCUT2D eigenvalue weighted by molar-refractivity contribution is 7.90. The molecule has 164 valence electrons. The molecule has 0 unspecified atom stereocenters. The molecule has 0 fully saturated rings. The summed E-state index contributed by atoms with van der Waals surface area (Å²) >= 11 is 0. The van der Waals surface area contributed by atoms with E-state index in [2.05, 4.69) is 5.10 Å². The number of halogens is 3. The fourth-order valence-electron chi connectivity index (χ4n) is 2.98. The van der Waals surface area contributed by atoms with Crippen LogP contribution < -0.4 is 0 Å². The number of aromatic nitrogens is 2. The van der Waals surface area contributed by atoms with Crippen molar-refractivity contribution in [3.8, 4) is 22.4 Å². The monoisotopic (exact) mass is 452 g/mol. The van der Waals surface area contributed by atoms with Crippen LogP contribution >= 0.6 is 0 Å². The Bertz CT molecular complexity index is 1200. The van der Waals surface area contributed by atoms with Crippen molar-refractivity contribution in [1.29, 1.82) is 0 Å². The number of carbonyl (C=O) groups is 1. The van der Waals surface area contributed by atoms with Crippen LogP contribution in [0.5, 0.6) is 0 Å². The molecule has 1 aromatic heterocycles. The predicted octanol–water partition coefficient (Wildman–Crippen LogP) is 4.20. The molecule has 10 heteroatoms. The van der Waals surface area contributed by atoms with Crippen LogP contribution in [0.15, 0.2) is 59.5 Å². The third-order valence-electron chi connectivity index (χ3n) is 4.43. The van der Waals surface area contributed by atoms with Gasteiger partial charge >= 0.3 is 12.1 Å². The Morgan fingerprint density at radius 2 is 1.68 bits per heavy atom. The van der Waals surface area contributed by atoms with E-state index in [9.17, 15) is 26.4 Å². The number of carbonyl (C=O) groups excluding carboxylic acids is 1. The maximum Gasteiger partial charge on any atom is 0.435 e. The van der Waals surface area contributed by atoms with E-state index < -0.39 is 34.2 Å². The molecule has 0 aliphatic rings. The van der Waals surface area contributed by atoms with E-state index in [0.29, 0.717) is 16.7 Å². The molecule has 0 aliphatic carbocycles. The average Bonchev–Trinajstić information content (AvgIpc) is 3.12. The molecule has 0 atom stereocenters. The molecular formula is C21H19F3N2O4S. The third-order valence-corrected chi connectivity index (χ3v) is 5.54. The van der Waals surface area contributed by atoms with Gasteiger partial charge in [0.1, 0.15) is 6.54 Å². The van der Waals surface area contributed by atoms with Gasteiger partial charge in [-0.1, -0.05) is 36.4 Å². The molecule has 0 spiro atoms. The molecule has 2 aromatic carbocycles. The van der Waals surface area contributed by atoms with Gasteiger partial charge in [0, 0.05) is 6.26 Å². The molecule has 0 saturated heterocycles. The first-order valence-electron chi connectivity index (χ1n) is 9.20. The topological polar surface area (TPSA) is 78.3 Å². The molecule has 6 nitrogen and oxygen atoms in total. The number of hydrogen-bond acceptors (Lipinski definition) is 5. The normalized spacial score (nSPS) is 12.0. The second-order valence-corrected chi connectivity index (χ2v) is 8.77. The quantitative estimate of drug-likeness (QED) is 0.524. The lowest BCUT2D eigenvalue weighted by atomic mass is 10.0. The molecule has 0 radical (unpaired) electrons. The molecule has 0 saturated carbocycles. The molecule has 0 aliphatic heterocycles. The van der Waals surface area contributed by atoms with Crippen LogP contribution in [0.2, 0.25) is 0 Å². The first kappa shape index (κ1) is 22.5. The zero-order valence-electron chi connectivity index (χ0n) is 16.7. The van der Waals surface area contributed by atoms with E-state index in [0.717, 1.165) is 17.0 Å². The van der Waals surface area contributed by atoms with Gasteiger partial charge < -0.3 is 4.74 Å². The first-order chi connectivity index (χ1) is 14.5. The molecule has 0 amide bonds. The Kier molecular flexibility index (Phi) is 6.21. The van der Waals surface area contributed by atoms with Gasteiger partial charge in [0.2, 0.25) is 0 Å². The number of hydrogen-bond donors (Lipinski definition) is 0. The standard InChI is InChI=1S/C21H19F3N2O4S/c1-3-30-20(27)13-26-18(12-19(25-26)21(22,23)24)15-9-7-14(8-10-15)16-5-4-6-17(11-16)31(2,28)29/h4-12H,3,13H2,1-2H3. The van der Waals surface area contributed by atoms with E-state index in [-0.39, 0.29) is 17.2 Å². The van der Waals surface area contributed by atoms with Gasteiger partial charge in [-0.3, -0.25) is 9.48 Å².